The average Bonchev–Trinajstić information content (AvgIpc) is 2.36. The lowest BCUT2D eigenvalue weighted by molar-refractivity contribution is -0.0702. The van der Waals surface area contributed by atoms with Gasteiger partial charge in [-0.1, -0.05) is 12.1 Å². The Hall–Kier alpha value is -0.970. The molecule has 3 nitrogen and oxygen atoms in total. The van der Waals surface area contributed by atoms with Crippen LogP contribution < -0.4 is 0 Å². The van der Waals surface area contributed by atoms with Crippen molar-refractivity contribution in [1.82, 2.24) is 4.90 Å². The maximum Gasteiger partial charge on any atom is 0.123 e. The molecule has 1 fully saturated rings. The number of rotatable bonds is 4. The second-order valence-corrected chi connectivity index (χ2v) is 5.37. The van der Waals surface area contributed by atoms with Crippen LogP contribution in [0.25, 0.3) is 0 Å². The molecule has 0 spiro atoms. The summed E-state index contributed by atoms with van der Waals surface area (Å²) in [6.45, 7) is 6.77. The van der Waals surface area contributed by atoms with E-state index >= 15 is 0 Å². The van der Waals surface area contributed by atoms with E-state index in [0.717, 1.165) is 25.2 Å². The summed E-state index contributed by atoms with van der Waals surface area (Å²) in [6, 6.07) is 6.06. The first-order chi connectivity index (χ1) is 9.04. The van der Waals surface area contributed by atoms with Crippen molar-refractivity contribution >= 4 is 0 Å². The van der Waals surface area contributed by atoms with Gasteiger partial charge in [0.2, 0.25) is 0 Å². The summed E-state index contributed by atoms with van der Waals surface area (Å²) < 4.78 is 18.5. The zero-order valence-corrected chi connectivity index (χ0v) is 11.6. The second kappa shape index (κ2) is 6.46. The third-order valence-electron chi connectivity index (χ3n) is 3.47. The second-order valence-electron chi connectivity index (χ2n) is 5.37. The normalized spacial score (nSPS) is 26.3. The van der Waals surface area contributed by atoms with E-state index in [2.05, 4.69) is 18.7 Å². The summed E-state index contributed by atoms with van der Waals surface area (Å²) in [7, 11) is 0. The van der Waals surface area contributed by atoms with Crippen molar-refractivity contribution in [2.75, 3.05) is 19.6 Å². The molecule has 3 unspecified atom stereocenters. The molecule has 2 rings (SSSR count). The molecule has 3 atom stereocenters. The number of ether oxygens (including phenoxy) is 1. The molecule has 0 radical (unpaired) electrons. The lowest BCUT2D eigenvalue weighted by Crippen LogP contribution is -2.45. The number of hydrogen-bond acceptors (Lipinski definition) is 3. The van der Waals surface area contributed by atoms with E-state index in [4.69, 9.17) is 4.74 Å². The fourth-order valence-corrected chi connectivity index (χ4v) is 2.62. The van der Waals surface area contributed by atoms with E-state index < -0.39 is 6.10 Å². The smallest absolute Gasteiger partial charge is 0.123 e. The largest absolute Gasteiger partial charge is 0.388 e. The quantitative estimate of drug-likeness (QED) is 0.909. The molecule has 1 aromatic carbocycles. The lowest BCUT2D eigenvalue weighted by Gasteiger charge is -2.35. The van der Waals surface area contributed by atoms with Gasteiger partial charge in [0.1, 0.15) is 5.82 Å². The maximum absolute atomic E-state index is 12.8. The molecule has 0 aromatic heterocycles. The van der Waals surface area contributed by atoms with E-state index in [-0.39, 0.29) is 18.0 Å². The summed E-state index contributed by atoms with van der Waals surface area (Å²) in [5.41, 5.74) is 0.774. The molecule has 0 saturated carbocycles. The van der Waals surface area contributed by atoms with Gasteiger partial charge in [0.15, 0.2) is 0 Å². The molecule has 0 aliphatic carbocycles. The molecule has 19 heavy (non-hydrogen) atoms. The highest BCUT2D eigenvalue weighted by molar-refractivity contribution is 5.18. The van der Waals surface area contributed by atoms with Crippen molar-refractivity contribution in [3.8, 4) is 0 Å². The lowest BCUT2D eigenvalue weighted by atomic mass is 10.1. The van der Waals surface area contributed by atoms with Gasteiger partial charge in [0.05, 0.1) is 18.3 Å². The van der Waals surface area contributed by atoms with Gasteiger partial charge < -0.3 is 9.84 Å². The molecule has 1 aromatic rings. The van der Waals surface area contributed by atoms with Gasteiger partial charge >= 0.3 is 0 Å². The molecule has 1 aliphatic rings. The number of aliphatic hydroxyl groups is 1. The van der Waals surface area contributed by atoms with Gasteiger partial charge in [-0.3, -0.25) is 4.90 Å². The number of aliphatic hydroxyl groups excluding tert-OH is 1. The zero-order chi connectivity index (χ0) is 13.8. The summed E-state index contributed by atoms with van der Waals surface area (Å²) in [4.78, 5) is 2.31. The highest BCUT2D eigenvalue weighted by Gasteiger charge is 2.22. The Morgan fingerprint density at radius 2 is 1.84 bits per heavy atom. The minimum absolute atomic E-state index is 0.242. The number of morpholine rings is 1. The van der Waals surface area contributed by atoms with Crippen LogP contribution in [0.1, 0.15) is 31.9 Å². The van der Waals surface area contributed by atoms with E-state index in [1.165, 1.54) is 12.1 Å². The molecule has 4 heteroatoms. The van der Waals surface area contributed by atoms with Gasteiger partial charge in [0, 0.05) is 19.6 Å². The number of nitrogens with zero attached hydrogens (tertiary/aromatic N) is 1. The Morgan fingerprint density at radius 1 is 1.26 bits per heavy atom. The van der Waals surface area contributed by atoms with Crippen LogP contribution in [-0.2, 0) is 4.74 Å². The third-order valence-corrected chi connectivity index (χ3v) is 3.47. The van der Waals surface area contributed by atoms with Crippen LogP contribution in [-0.4, -0.2) is 41.8 Å². The van der Waals surface area contributed by atoms with Crippen LogP contribution in [0.4, 0.5) is 4.39 Å². The number of hydrogen-bond donors (Lipinski definition) is 1. The van der Waals surface area contributed by atoms with Crippen LogP contribution in [0.15, 0.2) is 24.3 Å². The van der Waals surface area contributed by atoms with Crippen LogP contribution >= 0.6 is 0 Å². The summed E-state index contributed by atoms with van der Waals surface area (Å²) in [5.74, 6) is -0.272. The Morgan fingerprint density at radius 3 is 2.42 bits per heavy atom. The molecule has 1 saturated heterocycles. The maximum atomic E-state index is 12.8. The summed E-state index contributed by atoms with van der Waals surface area (Å²) >= 11 is 0. The standard InChI is InChI=1S/C15H22FNO2/c1-11-9-17(10-12(2)19-11)8-7-15(18)13-3-5-14(16)6-4-13/h3-6,11-12,15,18H,7-10H2,1-2H3. The molecular formula is C15H22FNO2. The molecule has 1 aliphatic heterocycles. The van der Waals surface area contributed by atoms with Crippen LogP contribution in [0.2, 0.25) is 0 Å². The van der Waals surface area contributed by atoms with Gasteiger partial charge in [-0.2, -0.15) is 0 Å². The Balaban J connectivity index is 1.83. The minimum atomic E-state index is -0.533. The summed E-state index contributed by atoms with van der Waals surface area (Å²) in [5, 5.41) is 10.1. The first-order valence-corrected chi connectivity index (χ1v) is 6.86. The van der Waals surface area contributed by atoms with Crippen molar-refractivity contribution in [2.24, 2.45) is 0 Å². The molecule has 106 valence electrons. The van der Waals surface area contributed by atoms with Crippen molar-refractivity contribution in [3.05, 3.63) is 35.6 Å². The van der Waals surface area contributed by atoms with E-state index in [1.807, 2.05) is 0 Å². The van der Waals surface area contributed by atoms with Gasteiger partial charge in [0.25, 0.3) is 0 Å². The van der Waals surface area contributed by atoms with E-state index in [1.54, 1.807) is 12.1 Å². The molecule has 0 bridgehead atoms. The fraction of sp³-hybridized carbons (Fsp3) is 0.600. The third kappa shape index (κ3) is 4.27. The SMILES string of the molecule is CC1CN(CCC(O)c2ccc(F)cc2)CC(C)O1. The van der Waals surface area contributed by atoms with Crippen LogP contribution in [0.3, 0.4) is 0 Å². The van der Waals surface area contributed by atoms with Gasteiger partial charge in [-0.25, -0.2) is 4.39 Å². The van der Waals surface area contributed by atoms with E-state index in [0.29, 0.717) is 6.42 Å². The molecule has 0 amide bonds. The topological polar surface area (TPSA) is 32.7 Å². The predicted molar refractivity (Wildman–Crippen MR) is 72.4 cm³/mol. The van der Waals surface area contributed by atoms with Crippen LogP contribution in [0, 0.1) is 5.82 Å². The van der Waals surface area contributed by atoms with Gasteiger partial charge in [-0.15, -0.1) is 0 Å². The Kier molecular flexibility index (Phi) is 4.91. The highest BCUT2D eigenvalue weighted by atomic mass is 19.1. The summed E-state index contributed by atoms with van der Waals surface area (Å²) in [6.07, 6.45) is 0.609. The van der Waals surface area contributed by atoms with Crippen molar-refractivity contribution < 1.29 is 14.2 Å². The van der Waals surface area contributed by atoms with Crippen molar-refractivity contribution in [2.45, 2.75) is 38.6 Å². The van der Waals surface area contributed by atoms with Crippen molar-refractivity contribution in [1.29, 1.82) is 0 Å². The van der Waals surface area contributed by atoms with Crippen LogP contribution in [0.5, 0.6) is 0 Å². The highest BCUT2D eigenvalue weighted by Crippen LogP contribution is 2.19. The molecular weight excluding hydrogens is 245 g/mol. The average molecular weight is 267 g/mol. The van der Waals surface area contributed by atoms with Crippen molar-refractivity contribution in [3.63, 3.8) is 0 Å². The fourth-order valence-electron chi connectivity index (χ4n) is 2.62. The van der Waals surface area contributed by atoms with E-state index in [9.17, 15) is 9.50 Å². The molecule has 1 N–H and O–H groups in total. The number of halogens is 1. The minimum Gasteiger partial charge on any atom is -0.388 e. The predicted octanol–water partition coefficient (Wildman–Crippen LogP) is 2.36. The first kappa shape index (κ1) is 14.4. The zero-order valence-electron chi connectivity index (χ0n) is 11.6. The first-order valence-electron chi connectivity index (χ1n) is 6.86. The Bertz CT molecular complexity index is 386. The Labute approximate surface area is 114 Å². The monoisotopic (exact) mass is 267 g/mol. The number of benzene rings is 1. The van der Waals surface area contributed by atoms with Gasteiger partial charge in [-0.05, 0) is 38.0 Å². The molecule has 1 heterocycles.